The van der Waals surface area contributed by atoms with Gasteiger partial charge in [0, 0.05) is 19.0 Å². The van der Waals surface area contributed by atoms with Gasteiger partial charge in [-0.05, 0) is 68.2 Å². The Balaban J connectivity index is 1.49. The summed E-state index contributed by atoms with van der Waals surface area (Å²) < 4.78 is 5.93. The minimum atomic E-state index is 0.0752. The molecule has 0 aromatic heterocycles. The summed E-state index contributed by atoms with van der Waals surface area (Å²) in [5.74, 6) is 1.16. The Hall–Kier alpha value is -0.830. The first kappa shape index (κ1) is 17.6. The van der Waals surface area contributed by atoms with E-state index in [1.165, 1.54) is 37.7 Å². The zero-order valence-electron chi connectivity index (χ0n) is 16.4. The number of ether oxygens (including phenoxy) is 1. The average Bonchev–Trinajstić information content (AvgIpc) is 2.79. The molecule has 0 aromatic carbocycles. The molecule has 5 atom stereocenters. The van der Waals surface area contributed by atoms with Crippen molar-refractivity contribution in [3.63, 3.8) is 0 Å². The van der Waals surface area contributed by atoms with E-state index in [0.29, 0.717) is 22.7 Å². The molecule has 1 unspecified atom stereocenters. The van der Waals surface area contributed by atoms with Crippen LogP contribution in [0.15, 0.2) is 12.2 Å². The van der Waals surface area contributed by atoms with Crippen molar-refractivity contribution in [2.24, 2.45) is 28.6 Å². The number of likely N-dealkylation sites (tertiary alicyclic amines) is 1. The van der Waals surface area contributed by atoms with E-state index in [1.807, 2.05) is 0 Å². The number of piperidine rings is 1. The summed E-state index contributed by atoms with van der Waals surface area (Å²) in [6.45, 7) is 14.7. The van der Waals surface area contributed by atoms with Crippen LogP contribution in [0.3, 0.4) is 0 Å². The number of allylic oxidation sites excluding steroid dienone is 1. The van der Waals surface area contributed by atoms with E-state index in [2.05, 4.69) is 32.3 Å². The quantitative estimate of drug-likeness (QED) is 0.548. The van der Waals surface area contributed by atoms with Gasteiger partial charge in [-0.1, -0.05) is 32.9 Å². The second kappa shape index (κ2) is 6.11. The van der Waals surface area contributed by atoms with Gasteiger partial charge in [-0.25, -0.2) is 0 Å². The third-order valence-corrected chi connectivity index (χ3v) is 7.75. The highest BCUT2D eigenvalue weighted by atomic mass is 16.6. The van der Waals surface area contributed by atoms with Crippen LogP contribution < -0.4 is 0 Å². The van der Waals surface area contributed by atoms with Gasteiger partial charge in [0.05, 0.1) is 5.92 Å². The van der Waals surface area contributed by atoms with Crippen LogP contribution in [0.5, 0.6) is 0 Å². The molecule has 4 fully saturated rings. The van der Waals surface area contributed by atoms with Crippen molar-refractivity contribution in [2.45, 2.75) is 71.8 Å². The van der Waals surface area contributed by atoms with Crippen LogP contribution in [0.2, 0.25) is 0 Å². The number of rotatable bonds is 2. The molecule has 4 rings (SSSR count). The zero-order valence-corrected chi connectivity index (χ0v) is 16.4. The van der Waals surface area contributed by atoms with Crippen LogP contribution in [0.1, 0.15) is 65.7 Å². The van der Waals surface area contributed by atoms with Crippen molar-refractivity contribution in [3.8, 4) is 0 Å². The van der Waals surface area contributed by atoms with Gasteiger partial charge in [0.2, 0.25) is 0 Å². The Bertz CT molecular complexity index is 568. The van der Waals surface area contributed by atoms with Crippen molar-refractivity contribution in [2.75, 3.05) is 19.6 Å². The molecule has 3 heteroatoms. The third-order valence-electron chi connectivity index (χ3n) is 7.75. The van der Waals surface area contributed by atoms with Crippen molar-refractivity contribution in [1.29, 1.82) is 0 Å². The summed E-state index contributed by atoms with van der Waals surface area (Å²) in [6.07, 6.45) is 8.57. The Morgan fingerprint density at radius 3 is 2.80 bits per heavy atom. The van der Waals surface area contributed by atoms with E-state index in [9.17, 15) is 4.79 Å². The molecule has 0 spiro atoms. The topological polar surface area (TPSA) is 29.5 Å². The smallest absolute Gasteiger partial charge is 0.310 e. The summed E-state index contributed by atoms with van der Waals surface area (Å²) in [5, 5.41) is 0. The molecule has 140 valence electrons. The molecule has 4 aliphatic rings. The minimum Gasteiger partial charge on any atom is -0.462 e. The lowest BCUT2D eigenvalue weighted by atomic mass is 9.55. The van der Waals surface area contributed by atoms with Crippen molar-refractivity contribution in [3.05, 3.63) is 12.2 Å². The summed E-state index contributed by atoms with van der Waals surface area (Å²) in [7, 11) is 0. The molecular weight excluding hydrogens is 310 g/mol. The first-order chi connectivity index (χ1) is 11.8. The molecule has 0 radical (unpaired) electrons. The molecule has 2 heterocycles. The lowest BCUT2D eigenvalue weighted by Crippen LogP contribution is -2.47. The van der Waals surface area contributed by atoms with Crippen LogP contribution in [-0.2, 0) is 9.53 Å². The van der Waals surface area contributed by atoms with Gasteiger partial charge in [-0.3, -0.25) is 4.79 Å². The van der Waals surface area contributed by atoms with Gasteiger partial charge in [0.15, 0.2) is 0 Å². The maximum absolute atomic E-state index is 12.7. The highest BCUT2D eigenvalue weighted by Gasteiger charge is 2.55. The van der Waals surface area contributed by atoms with Crippen molar-refractivity contribution >= 4 is 5.97 Å². The first-order valence-corrected chi connectivity index (χ1v) is 10.4. The molecule has 25 heavy (non-hydrogen) atoms. The third kappa shape index (κ3) is 3.18. The maximum Gasteiger partial charge on any atom is 0.310 e. The first-order valence-electron chi connectivity index (χ1n) is 10.4. The van der Waals surface area contributed by atoms with Gasteiger partial charge >= 0.3 is 5.97 Å². The van der Waals surface area contributed by atoms with Gasteiger partial charge < -0.3 is 9.64 Å². The fourth-order valence-electron chi connectivity index (χ4n) is 6.44. The lowest BCUT2D eigenvalue weighted by Gasteiger charge is -2.50. The molecule has 2 aliphatic heterocycles. The number of hydrogen-bond donors (Lipinski definition) is 0. The van der Waals surface area contributed by atoms with Gasteiger partial charge in [-0.2, -0.15) is 0 Å². The summed E-state index contributed by atoms with van der Waals surface area (Å²) >= 11 is 0. The van der Waals surface area contributed by atoms with E-state index < -0.39 is 0 Å². The second-order valence-corrected chi connectivity index (χ2v) is 10.4. The maximum atomic E-state index is 12.7. The van der Waals surface area contributed by atoms with Gasteiger partial charge in [-0.15, -0.1) is 0 Å². The molecule has 2 aliphatic carbocycles. The van der Waals surface area contributed by atoms with E-state index in [-0.39, 0.29) is 18.0 Å². The predicted octanol–water partition coefficient (Wildman–Crippen LogP) is 4.42. The van der Waals surface area contributed by atoms with E-state index in [4.69, 9.17) is 4.74 Å². The summed E-state index contributed by atoms with van der Waals surface area (Å²) in [6, 6.07) is 0. The van der Waals surface area contributed by atoms with Crippen LogP contribution in [0.25, 0.3) is 0 Å². The SMILES string of the molecule is C=C1CCC[C@]2(C)C[C@H]3OC(=O)C(CN4CCCC(C)(C)C4)[C@H]3C[C@@H]12. The molecular formula is C22H35NO2. The van der Waals surface area contributed by atoms with Gasteiger partial charge in [0.25, 0.3) is 0 Å². The summed E-state index contributed by atoms with van der Waals surface area (Å²) in [4.78, 5) is 15.2. The van der Waals surface area contributed by atoms with Crippen molar-refractivity contribution < 1.29 is 9.53 Å². The standard InChI is InChI=1S/C22H35NO2/c1-15-7-5-9-22(4)12-19-16(11-18(15)22)17(20(24)25-19)13-23-10-6-8-21(2,3)14-23/h16-19H,1,5-14H2,2-4H3/t16-,17?,18+,19-,22-/m1/s1. The molecule has 3 nitrogen and oxygen atoms in total. The second-order valence-electron chi connectivity index (χ2n) is 10.4. The molecule has 2 saturated heterocycles. The van der Waals surface area contributed by atoms with Crippen molar-refractivity contribution in [1.82, 2.24) is 4.90 Å². The Morgan fingerprint density at radius 1 is 1.24 bits per heavy atom. The van der Waals surface area contributed by atoms with Crippen LogP contribution in [0, 0.1) is 28.6 Å². The highest BCUT2D eigenvalue weighted by Crippen LogP contribution is 2.57. The Morgan fingerprint density at radius 2 is 2.04 bits per heavy atom. The zero-order chi connectivity index (χ0) is 17.8. The molecule has 0 bridgehead atoms. The normalized spacial score (nSPS) is 44.1. The van der Waals surface area contributed by atoms with Crippen LogP contribution >= 0.6 is 0 Å². The summed E-state index contributed by atoms with van der Waals surface area (Å²) in [5.41, 5.74) is 2.12. The number of esters is 1. The fourth-order valence-corrected chi connectivity index (χ4v) is 6.44. The van der Waals surface area contributed by atoms with Crippen LogP contribution in [-0.4, -0.2) is 36.6 Å². The number of carbonyl (C=O) groups is 1. The Kier molecular flexibility index (Phi) is 4.30. The number of carbonyl (C=O) groups excluding carboxylic acids is 1. The van der Waals surface area contributed by atoms with E-state index in [0.717, 1.165) is 32.5 Å². The number of hydrogen-bond acceptors (Lipinski definition) is 3. The monoisotopic (exact) mass is 345 g/mol. The van der Waals surface area contributed by atoms with E-state index in [1.54, 1.807) is 0 Å². The van der Waals surface area contributed by atoms with Gasteiger partial charge in [0.1, 0.15) is 6.10 Å². The predicted molar refractivity (Wildman–Crippen MR) is 100 cm³/mol. The lowest BCUT2D eigenvalue weighted by molar-refractivity contribution is -0.146. The molecule has 0 N–H and O–H groups in total. The highest BCUT2D eigenvalue weighted by molar-refractivity contribution is 5.75. The largest absolute Gasteiger partial charge is 0.462 e. The van der Waals surface area contributed by atoms with Crippen LogP contribution in [0.4, 0.5) is 0 Å². The Labute approximate surface area is 153 Å². The number of fused-ring (bicyclic) bond motifs is 2. The number of nitrogens with zero attached hydrogens (tertiary/aromatic N) is 1. The minimum absolute atomic E-state index is 0.0752. The fraction of sp³-hybridized carbons (Fsp3) is 0.864. The average molecular weight is 346 g/mol. The molecule has 0 amide bonds. The van der Waals surface area contributed by atoms with E-state index >= 15 is 0 Å². The molecule has 0 aromatic rings. The molecule has 2 saturated carbocycles.